The van der Waals surface area contributed by atoms with Gasteiger partial charge in [-0.05, 0) is 27.7 Å². The van der Waals surface area contributed by atoms with Crippen molar-refractivity contribution < 1.29 is 44.2 Å². The van der Waals surface area contributed by atoms with Gasteiger partial charge in [0.05, 0.1) is 50.8 Å². The molecule has 4 unspecified atom stereocenters. The Kier molecular flexibility index (Phi) is 33.4. The summed E-state index contributed by atoms with van der Waals surface area (Å²) in [6.07, 6.45) is -0.592. The first-order valence-electron chi connectivity index (χ1n) is 8.27. The van der Waals surface area contributed by atoms with Crippen LogP contribution in [0.1, 0.15) is 34.6 Å². The van der Waals surface area contributed by atoms with Crippen LogP contribution < -0.4 is 0 Å². The number of hydrogen-bond donors (Lipinski definition) is 4. The predicted octanol–water partition coefficient (Wildman–Crippen LogP) is 0.537. The third kappa shape index (κ3) is 49.5. The third-order valence-corrected chi connectivity index (χ3v) is 2.15. The lowest BCUT2D eigenvalue weighted by Crippen LogP contribution is -2.21. The molecule has 9 nitrogen and oxygen atoms in total. The number of aliphatic hydroxyl groups excluding tert-OH is 3. The smallest absolute Gasteiger partial charge is 0.300 e. The minimum Gasteiger partial charge on any atom is -0.481 e. The van der Waals surface area contributed by atoms with Gasteiger partial charge in [-0.1, -0.05) is 0 Å². The summed E-state index contributed by atoms with van der Waals surface area (Å²) in [6.45, 7) is 9.13. The molecule has 4 N–H and O–H groups in total. The van der Waals surface area contributed by atoms with Crippen LogP contribution in [0.4, 0.5) is 0 Å². The van der Waals surface area contributed by atoms with Gasteiger partial charge in [-0.15, -0.1) is 0 Å². The van der Waals surface area contributed by atoms with Crippen LogP contribution in [0.5, 0.6) is 0 Å². The van der Waals surface area contributed by atoms with Gasteiger partial charge >= 0.3 is 0 Å². The summed E-state index contributed by atoms with van der Waals surface area (Å²) >= 11 is 0. The third-order valence-electron chi connectivity index (χ3n) is 2.15. The molecule has 0 fully saturated rings. The van der Waals surface area contributed by atoms with E-state index < -0.39 is 12.1 Å². The normalized spacial score (nSPS) is 14.1. The van der Waals surface area contributed by atoms with E-state index in [4.69, 9.17) is 39.4 Å². The summed E-state index contributed by atoms with van der Waals surface area (Å²) in [5.74, 6) is -0.833. The maximum atomic E-state index is 9.00. The first-order valence-corrected chi connectivity index (χ1v) is 8.27. The number of aliphatic hydroxyl groups is 3. The predicted molar refractivity (Wildman–Crippen MR) is 99.4 cm³/mol. The molecule has 0 aliphatic rings. The van der Waals surface area contributed by atoms with Gasteiger partial charge < -0.3 is 39.4 Å². The zero-order valence-corrected chi connectivity index (χ0v) is 17.5. The van der Waals surface area contributed by atoms with Crippen molar-refractivity contribution in [2.75, 3.05) is 47.8 Å². The Morgan fingerprint density at radius 3 is 1.38 bits per heavy atom. The zero-order chi connectivity index (χ0) is 21.5. The average molecular weight is 388 g/mol. The number of aliphatic carboxylic acids is 1. The Hall–Kier alpha value is -0.810. The SMILES string of the molecule is CC(=O)O.CC(O)COC(C)CO.COC.COC(C)COC(C)CO. The molecule has 0 aromatic rings. The fraction of sp³-hybridized carbons (Fsp3) is 0.941. The molecular formula is C17H40O9. The Balaban J connectivity index is -0.000000138. The highest BCUT2D eigenvalue weighted by molar-refractivity contribution is 5.62. The molecule has 0 aliphatic carbocycles. The molecular weight excluding hydrogens is 348 g/mol. The van der Waals surface area contributed by atoms with Crippen molar-refractivity contribution in [1.82, 2.24) is 0 Å². The molecule has 0 aromatic heterocycles. The van der Waals surface area contributed by atoms with Crippen LogP contribution in [0.3, 0.4) is 0 Å². The minimum absolute atomic E-state index is 0.00667. The van der Waals surface area contributed by atoms with Crippen molar-refractivity contribution in [1.29, 1.82) is 0 Å². The van der Waals surface area contributed by atoms with Crippen molar-refractivity contribution in [3.63, 3.8) is 0 Å². The number of ether oxygens (including phenoxy) is 4. The van der Waals surface area contributed by atoms with Gasteiger partial charge in [0, 0.05) is 28.3 Å². The van der Waals surface area contributed by atoms with Gasteiger partial charge in [0.25, 0.3) is 5.97 Å². The van der Waals surface area contributed by atoms with Gasteiger partial charge in [0.15, 0.2) is 0 Å². The van der Waals surface area contributed by atoms with Crippen molar-refractivity contribution in [2.45, 2.75) is 59.0 Å². The second-order valence-electron chi connectivity index (χ2n) is 5.48. The highest BCUT2D eigenvalue weighted by Crippen LogP contribution is 1.93. The van der Waals surface area contributed by atoms with E-state index in [0.717, 1.165) is 6.92 Å². The van der Waals surface area contributed by atoms with E-state index in [-0.39, 0.29) is 31.5 Å². The van der Waals surface area contributed by atoms with Crippen LogP contribution >= 0.6 is 0 Å². The molecule has 26 heavy (non-hydrogen) atoms. The van der Waals surface area contributed by atoms with E-state index in [1.54, 1.807) is 35.2 Å². The Morgan fingerprint density at radius 1 is 0.846 bits per heavy atom. The van der Waals surface area contributed by atoms with Crippen LogP contribution in [0.2, 0.25) is 0 Å². The van der Waals surface area contributed by atoms with Crippen LogP contribution in [-0.4, -0.2) is 98.6 Å². The standard InChI is InChI=1S/C7H16O3.C6H14O3.C2H4O2.C2H6O/c1-6(4-8)10-5-7(2)9-3;1-5(8)4-9-6(2)3-7;1-2(3)4;1-3-2/h6-8H,4-5H2,1-3H3;5-8H,3-4H2,1-2H3;1H3,(H,3,4);1-2H3. The van der Waals surface area contributed by atoms with Gasteiger partial charge in [0.2, 0.25) is 0 Å². The highest BCUT2D eigenvalue weighted by Gasteiger charge is 2.03. The van der Waals surface area contributed by atoms with Crippen molar-refractivity contribution >= 4 is 5.97 Å². The second-order valence-corrected chi connectivity index (χ2v) is 5.48. The van der Waals surface area contributed by atoms with Crippen LogP contribution in [-0.2, 0) is 23.7 Å². The number of carboxylic acids is 1. The molecule has 0 heterocycles. The molecule has 0 aromatic carbocycles. The van der Waals surface area contributed by atoms with Crippen molar-refractivity contribution in [2.24, 2.45) is 0 Å². The van der Waals surface area contributed by atoms with E-state index in [0.29, 0.717) is 13.2 Å². The second kappa shape index (κ2) is 26.4. The molecule has 0 rings (SSSR count). The largest absolute Gasteiger partial charge is 0.481 e. The summed E-state index contributed by atoms with van der Waals surface area (Å²) < 4.78 is 19.3. The van der Waals surface area contributed by atoms with Crippen LogP contribution in [0.15, 0.2) is 0 Å². The van der Waals surface area contributed by atoms with Crippen molar-refractivity contribution in [3.8, 4) is 0 Å². The first kappa shape index (κ1) is 32.8. The van der Waals surface area contributed by atoms with E-state index >= 15 is 0 Å². The highest BCUT2D eigenvalue weighted by atomic mass is 16.5. The lowest BCUT2D eigenvalue weighted by Gasteiger charge is -2.13. The van der Waals surface area contributed by atoms with Gasteiger partial charge in [-0.2, -0.15) is 0 Å². The summed E-state index contributed by atoms with van der Waals surface area (Å²) in [7, 11) is 4.89. The number of methoxy groups -OCH3 is 2. The molecule has 9 heteroatoms. The van der Waals surface area contributed by atoms with Gasteiger partial charge in [0.1, 0.15) is 0 Å². The van der Waals surface area contributed by atoms with E-state index in [1.807, 2.05) is 13.8 Å². The summed E-state index contributed by atoms with van der Waals surface area (Å²) in [5.41, 5.74) is 0. The molecule has 4 atom stereocenters. The van der Waals surface area contributed by atoms with Gasteiger partial charge in [-0.3, -0.25) is 4.79 Å². The summed E-state index contributed by atoms with van der Waals surface area (Å²) in [5, 5.41) is 33.1. The van der Waals surface area contributed by atoms with E-state index in [2.05, 4.69) is 4.74 Å². The molecule has 0 aliphatic heterocycles. The number of carboxylic acid groups (broad SMARTS) is 1. The lowest BCUT2D eigenvalue weighted by atomic mass is 10.4. The number of rotatable bonds is 9. The number of carbonyl (C=O) groups is 1. The molecule has 162 valence electrons. The maximum absolute atomic E-state index is 9.00. The lowest BCUT2D eigenvalue weighted by molar-refractivity contribution is -0.134. The molecule has 0 bridgehead atoms. The maximum Gasteiger partial charge on any atom is 0.300 e. The summed E-state index contributed by atoms with van der Waals surface area (Å²) in [6, 6.07) is 0. The zero-order valence-electron chi connectivity index (χ0n) is 17.5. The monoisotopic (exact) mass is 388 g/mol. The quantitative estimate of drug-likeness (QED) is 0.446. The molecule has 0 amide bonds. The first-order chi connectivity index (χ1) is 12.0. The van der Waals surface area contributed by atoms with Crippen molar-refractivity contribution in [3.05, 3.63) is 0 Å². The molecule has 0 saturated carbocycles. The fourth-order valence-corrected chi connectivity index (χ4v) is 0.777. The van der Waals surface area contributed by atoms with Crippen LogP contribution in [0.25, 0.3) is 0 Å². The fourth-order valence-electron chi connectivity index (χ4n) is 0.777. The topological polar surface area (TPSA) is 135 Å². The van der Waals surface area contributed by atoms with E-state index in [9.17, 15) is 0 Å². The van der Waals surface area contributed by atoms with Gasteiger partial charge in [-0.25, -0.2) is 0 Å². The molecule has 0 spiro atoms. The van der Waals surface area contributed by atoms with E-state index in [1.165, 1.54) is 0 Å². The van der Waals surface area contributed by atoms with Crippen LogP contribution in [0, 0.1) is 0 Å². The Morgan fingerprint density at radius 2 is 1.15 bits per heavy atom. The molecule has 0 saturated heterocycles. The molecule has 0 radical (unpaired) electrons. The Bertz CT molecular complexity index is 249. The minimum atomic E-state index is -0.833. The summed E-state index contributed by atoms with van der Waals surface area (Å²) in [4.78, 5) is 9.00. The number of hydrogen-bond acceptors (Lipinski definition) is 8. The average Bonchev–Trinajstić information content (AvgIpc) is 2.57. The Labute approximate surface area is 157 Å².